The summed E-state index contributed by atoms with van der Waals surface area (Å²) in [6.45, 7) is 11.9. The van der Waals surface area contributed by atoms with Gasteiger partial charge in [-0.25, -0.2) is 0 Å². The van der Waals surface area contributed by atoms with Crippen LogP contribution in [0.15, 0.2) is 12.1 Å². The van der Waals surface area contributed by atoms with Gasteiger partial charge in [-0.2, -0.15) is 0 Å². The Morgan fingerprint density at radius 2 is 2.00 bits per heavy atom. The minimum Gasteiger partial charge on any atom is -0.507 e. The molecule has 1 aliphatic rings. The molecule has 1 heterocycles. The molecule has 0 amide bonds. The lowest BCUT2D eigenvalue weighted by molar-refractivity contribution is 0.383. The van der Waals surface area contributed by atoms with Crippen molar-refractivity contribution in [2.45, 2.75) is 64.8 Å². The third-order valence-corrected chi connectivity index (χ3v) is 4.35. The highest BCUT2D eigenvalue weighted by Crippen LogP contribution is 2.42. The largest absolute Gasteiger partial charge is 0.507 e. The topological polar surface area (TPSA) is 32.3 Å². The summed E-state index contributed by atoms with van der Waals surface area (Å²) in [5.74, 6) is 0.488. The molecule has 1 aromatic carbocycles. The summed E-state index contributed by atoms with van der Waals surface area (Å²) in [7, 11) is 0. The normalized spacial score (nSPS) is 23.8. The summed E-state index contributed by atoms with van der Waals surface area (Å²) in [4.78, 5) is 0. The Bertz CT molecular complexity index is 465. The highest BCUT2D eigenvalue weighted by atomic mass is 16.3. The third-order valence-electron chi connectivity index (χ3n) is 4.35. The van der Waals surface area contributed by atoms with Gasteiger partial charge < -0.3 is 10.4 Å². The molecule has 0 aliphatic carbocycles. The van der Waals surface area contributed by atoms with Crippen molar-refractivity contribution in [2.75, 3.05) is 6.54 Å². The van der Waals surface area contributed by atoms with Crippen LogP contribution in [0.25, 0.3) is 0 Å². The molecular weight excluding hydrogens is 234 g/mol. The molecular formula is C17H27NO. The van der Waals surface area contributed by atoms with Crippen LogP contribution in [0.3, 0.4) is 0 Å². The maximum absolute atomic E-state index is 10.7. The second-order valence-electron chi connectivity index (χ2n) is 7.01. The Kier molecular flexibility index (Phi) is 3.65. The van der Waals surface area contributed by atoms with Gasteiger partial charge in [0.05, 0.1) is 0 Å². The molecule has 19 heavy (non-hydrogen) atoms. The standard InChI is InChI=1S/C17H27NO/c1-6-12-10-13(16(2,3)4)15(19)14(11-12)17(5)8-7-9-18-17/h10-11,18-19H,6-9H2,1-5H3. The summed E-state index contributed by atoms with van der Waals surface area (Å²) in [5.41, 5.74) is 3.35. The lowest BCUT2D eigenvalue weighted by atomic mass is 9.79. The third kappa shape index (κ3) is 2.64. The first-order valence-electron chi connectivity index (χ1n) is 7.40. The molecule has 0 saturated carbocycles. The van der Waals surface area contributed by atoms with Crippen LogP contribution in [-0.2, 0) is 17.4 Å². The van der Waals surface area contributed by atoms with Crippen LogP contribution in [0.5, 0.6) is 5.75 Å². The fraction of sp³-hybridized carbons (Fsp3) is 0.647. The van der Waals surface area contributed by atoms with Crippen LogP contribution in [0.4, 0.5) is 0 Å². The van der Waals surface area contributed by atoms with E-state index in [1.807, 2.05) is 0 Å². The lowest BCUT2D eigenvalue weighted by Crippen LogP contribution is -2.33. The Morgan fingerprint density at radius 3 is 2.47 bits per heavy atom. The number of benzene rings is 1. The monoisotopic (exact) mass is 261 g/mol. The first-order chi connectivity index (χ1) is 8.78. The molecule has 106 valence electrons. The van der Waals surface area contributed by atoms with Gasteiger partial charge in [-0.15, -0.1) is 0 Å². The number of nitrogens with one attached hydrogen (secondary N) is 1. The predicted molar refractivity (Wildman–Crippen MR) is 80.8 cm³/mol. The maximum Gasteiger partial charge on any atom is 0.124 e. The van der Waals surface area contributed by atoms with Crippen LogP contribution in [0.2, 0.25) is 0 Å². The van der Waals surface area contributed by atoms with Crippen LogP contribution >= 0.6 is 0 Å². The van der Waals surface area contributed by atoms with Gasteiger partial charge >= 0.3 is 0 Å². The van der Waals surface area contributed by atoms with Crippen molar-refractivity contribution < 1.29 is 5.11 Å². The van der Waals surface area contributed by atoms with E-state index in [0.717, 1.165) is 30.5 Å². The quantitative estimate of drug-likeness (QED) is 0.847. The second kappa shape index (κ2) is 4.82. The molecule has 0 aromatic heterocycles. The zero-order valence-corrected chi connectivity index (χ0v) is 12.9. The van der Waals surface area contributed by atoms with Gasteiger partial charge in [0.1, 0.15) is 5.75 Å². The molecule has 1 unspecified atom stereocenters. The zero-order chi connectivity index (χ0) is 14.3. The minimum absolute atomic E-state index is 0.0288. The molecule has 1 aromatic rings. The summed E-state index contributed by atoms with van der Waals surface area (Å²) >= 11 is 0. The van der Waals surface area contributed by atoms with Gasteiger partial charge in [0.15, 0.2) is 0 Å². The first-order valence-corrected chi connectivity index (χ1v) is 7.40. The average molecular weight is 261 g/mol. The number of phenolic OH excluding ortho intramolecular Hbond substituents is 1. The second-order valence-corrected chi connectivity index (χ2v) is 7.01. The maximum atomic E-state index is 10.7. The van der Waals surface area contributed by atoms with Crippen molar-refractivity contribution in [3.05, 3.63) is 28.8 Å². The number of hydrogen-bond donors (Lipinski definition) is 2. The molecule has 2 heteroatoms. The van der Waals surface area contributed by atoms with Gasteiger partial charge in [0.2, 0.25) is 0 Å². The van der Waals surface area contributed by atoms with Gasteiger partial charge in [0.25, 0.3) is 0 Å². The van der Waals surface area contributed by atoms with Crippen molar-refractivity contribution in [1.82, 2.24) is 5.32 Å². The number of phenols is 1. The van der Waals surface area contributed by atoms with Crippen molar-refractivity contribution in [2.24, 2.45) is 0 Å². The van der Waals surface area contributed by atoms with E-state index in [1.54, 1.807) is 0 Å². The molecule has 0 radical (unpaired) electrons. The highest BCUT2D eigenvalue weighted by molar-refractivity contribution is 5.50. The van der Waals surface area contributed by atoms with Crippen LogP contribution in [0.1, 0.15) is 64.2 Å². The number of aromatic hydroxyl groups is 1. The van der Waals surface area contributed by atoms with E-state index in [2.05, 4.69) is 52.1 Å². The number of aryl methyl sites for hydroxylation is 1. The van der Waals surface area contributed by atoms with E-state index in [1.165, 1.54) is 12.0 Å². The fourth-order valence-electron chi connectivity index (χ4n) is 3.02. The van der Waals surface area contributed by atoms with Crippen molar-refractivity contribution in [3.8, 4) is 5.75 Å². The molecule has 2 rings (SSSR count). The molecule has 2 N–H and O–H groups in total. The number of hydrogen-bond acceptors (Lipinski definition) is 2. The Labute approximate surface area is 117 Å². The lowest BCUT2D eigenvalue weighted by Gasteiger charge is -2.30. The van der Waals surface area contributed by atoms with Gasteiger partial charge in [-0.3, -0.25) is 0 Å². The Balaban J connectivity index is 2.60. The van der Waals surface area contributed by atoms with Crippen LogP contribution < -0.4 is 5.32 Å². The summed E-state index contributed by atoms with van der Waals surface area (Å²) in [6.07, 6.45) is 3.28. The predicted octanol–water partition coefficient (Wildman–Crippen LogP) is 3.85. The van der Waals surface area contributed by atoms with Gasteiger partial charge in [-0.1, -0.05) is 39.8 Å². The van der Waals surface area contributed by atoms with E-state index in [9.17, 15) is 5.11 Å². The molecule has 1 aliphatic heterocycles. The molecule has 1 fully saturated rings. The Morgan fingerprint density at radius 1 is 1.32 bits per heavy atom. The minimum atomic E-state index is -0.0741. The summed E-state index contributed by atoms with van der Waals surface area (Å²) < 4.78 is 0. The molecule has 2 nitrogen and oxygen atoms in total. The van der Waals surface area contributed by atoms with Crippen LogP contribution in [0, 0.1) is 0 Å². The smallest absolute Gasteiger partial charge is 0.124 e. The average Bonchev–Trinajstić information content (AvgIpc) is 2.76. The highest BCUT2D eigenvalue weighted by Gasteiger charge is 2.34. The molecule has 0 spiro atoms. The van der Waals surface area contributed by atoms with E-state index < -0.39 is 0 Å². The van der Waals surface area contributed by atoms with Crippen molar-refractivity contribution in [1.29, 1.82) is 0 Å². The van der Waals surface area contributed by atoms with E-state index in [-0.39, 0.29) is 11.0 Å². The summed E-state index contributed by atoms with van der Waals surface area (Å²) in [5, 5.41) is 14.3. The first kappa shape index (κ1) is 14.4. The Hall–Kier alpha value is -1.02. The van der Waals surface area contributed by atoms with E-state index in [4.69, 9.17) is 0 Å². The SMILES string of the molecule is CCc1cc(C(C)(C)C)c(O)c(C2(C)CCCN2)c1. The molecule has 1 saturated heterocycles. The van der Waals surface area contributed by atoms with E-state index >= 15 is 0 Å². The summed E-state index contributed by atoms with van der Waals surface area (Å²) in [6, 6.07) is 4.35. The van der Waals surface area contributed by atoms with E-state index in [0.29, 0.717) is 5.75 Å². The van der Waals surface area contributed by atoms with Gasteiger partial charge in [-0.05, 0) is 49.3 Å². The fourth-order valence-corrected chi connectivity index (χ4v) is 3.02. The van der Waals surface area contributed by atoms with Crippen molar-refractivity contribution in [3.63, 3.8) is 0 Å². The van der Waals surface area contributed by atoms with Gasteiger partial charge in [0, 0.05) is 11.1 Å². The number of rotatable bonds is 2. The molecule has 1 atom stereocenters. The molecule has 0 bridgehead atoms. The van der Waals surface area contributed by atoms with Crippen molar-refractivity contribution >= 4 is 0 Å². The zero-order valence-electron chi connectivity index (χ0n) is 12.9. The van der Waals surface area contributed by atoms with Crippen LogP contribution in [-0.4, -0.2) is 11.7 Å².